The standard InChI is InChI=1S/C23H23Cl2N3O3S/c1-15(2)10-12-32(30,31)28-17-6-8-18(21(25)14-17)23(29)27-16-7-9-20(24)19(13-16)22-5-3-4-11-26-22/h3-9,11,13-15,28H,10,12H2,1-2H3,(H,27,29). The van der Waals surface area contributed by atoms with Crippen molar-refractivity contribution >= 4 is 50.5 Å². The van der Waals surface area contributed by atoms with Gasteiger partial charge in [0.2, 0.25) is 10.0 Å². The minimum atomic E-state index is -3.49. The van der Waals surface area contributed by atoms with Crippen LogP contribution in [0.3, 0.4) is 0 Å². The van der Waals surface area contributed by atoms with Gasteiger partial charge in [0.15, 0.2) is 0 Å². The Morgan fingerprint density at radius 2 is 1.75 bits per heavy atom. The fourth-order valence-corrected chi connectivity index (χ4v) is 4.75. The quantitative estimate of drug-likeness (QED) is 0.398. The number of rotatable bonds is 8. The highest BCUT2D eigenvalue weighted by Gasteiger charge is 2.16. The molecule has 0 aliphatic heterocycles. The largest absolute Gasteiger partial charge is 0.322 e. The maximum Gasteiger partial charge on any atom is 0.257 e. The minimum absolute atomic E-state index is 0.0136. The number of aromatic nitrogens is 1. The van der Waals surface area contributed by atoms with Crippen molar-refractivity contribution in [2.24, 2.45) is 5.92 Å². The summed E-state index contributed by atoms with van der Waals surface area (Å²) in [6, 6.07) is 15.0. The summed E-state index contributed by atoms with van der Waals surface area (Å²) >= 11 is 12.6. The average Bonchev–Trinajstić information content (AvgIpc) is 2.74. The first-order chi connectivity index (χ1) is 15.1. The zero-order chi connectivity index (χ0) is 23.3. The van der Waals surface area contributed by atoms with Crippen LogP contribution >= 0.6 is 23.2 Å². The van der Waals surface area contributed by atoms with E-state index in [1.807, 2.05) is 26.0 Å². The number of pyridine rings is 1. The van der Waals surface area contributed by atoms with Crippen molar-refractivity contribution in [2.45, 2.75) is 20.3 Å². The number of nitrogens with zero attached hydrogens (tertiary/aromatic N) is 1. The van der Waals surface area contributed by atoms with Crippen molar-refractivity contribution in [3.05, 3.63) is 76.4 Å². The van der Waals surface area contributed by atoms with Crippen LogP contribution in [-0.4, -0.2) is 25.1 Å². The Hall–Kier alpha value is -2.61. The molecule has 0 spiro atoms. The molecule has 32 heavy (non-hydrogen) atoms. The normalized spacial score (nSPS) is 11.4. The number of hydrogen-bond donors (Lipinski definition) is 2. The molecule has 0 saturated carbocycles. The summed E-state index contributed by atoms with van der Waals surface area (Å²) in [5, 5.41) is 3.43. The Kier molecular flexibility index (Phi) is 7.77. The van der Waals surface area contributed by atoms with E-state index < -0.39 is 15.9 Å². The van der Waals surface area contributed by atoms with Crippen LogP contribution in [0.2, 0.25) is 10.0 Å². The summed E-state index contributed by atoms with van der Waals surface area (Å²) < 4.78 is 26.9. The van der Waals surface area contributed by atoms with Crippen LogP contribution in [0.25, 0.3) is 11.3 Å². The second-order valence-corrected chi connectivity index (χ2v) is 10.3. The van der Waals surface area contributed by atoms with Gasteiger partial charge in [-0.05, 0) is 60.9 Å². The van der Waals surface area contributed by atoms with Crippen LogP contribution < -0.4 is 10.0 Å². The van der Waals surface area contributed by atoms with Crippen molar-refractivity contribution in [2.75, 3.05) is 15.8 Å². The number of benzene rings is 2. The fourth-order valence-electron chi connectivity index (χ4n) is 2.90. The van der Waals surface area contributed by atoms with Gasteiger partial charge in [-0.1, -0.05) is 43.1 Å². The lowest BCUT2D eigenvalue weighted by molar-refractivity contribution is 0.102. The van der Waals surface area contributed by atoms with E-state index in [9.17, 15) is 13.2 Å². The van der Waals surface area contributed by atoms with Gasteiger partial charge < -0.3 is 5.32 Å². The number of hydrogen-bond acceptors (Lipinski definition) is 4. The Bertz CT molecular complexity index is 1220. The fraction of sp³-hybridized carbons (Fsp3) is 0.217. The summed E-state index contributed by atoms with van der Waals surface area (Å²) in [6.45, 7) is 3.92. The van der Waals surface area contributed by atoms with E-state index in [0.717, 1.165) is 0 Å². The molecule has 2 aromatic carbocycles. The SMILES string of the molecule is CC(C)CCS(=O)(=O)Nc1ccc(C(=O)Nc2ccc(Cl)c(-c3ccccn3)c2)c(Cl)c1. The molecule has 1 aromatic heterocycles. The maximum absolute atomic E-state index is 12.8. The number of anilines is 2. The first-order valence-corrected chi connectivity index (χ1v) is 12.4. The van der Waals surface area contributed by atoms with Gasteiger partial charge in [0.05, 0.1) is 27.1 Å². The second-order valence-electron chi connectivity index (χ2n) is 7.66. The van der Waals surface area contributed by atoms with Gasteiger partial charge in [-0.3, -0.25) is 14.5 Å². The molecule has 0 radical (unpaired) electrons. The van der Waals surface area contributed by atoms with Crippen molar-refractivity contribution < 1.29 is 13.2 Å². The highest BCUT2D eigenvalue weighted by atomic mass is 35.5. The summed E-state index contributed by atoms with van der Waals surface area (Å²) in [4.78, 5) is 17.0. The number of sulfonamides is 1. The van der Waals surface area contributed by atoms with Crippen molar-refractivity contribution in [3.8, 4) is 11.3 Å². The van der Waals surface area contributed by atoms with Crippen LogP contribution in [0.15, 0.2) is 60.8 Å². The Labute approximate surface area is 198 Å². The molecule has 0 unspecified atom stereocenters. The van der Waals surface area contributed by atoms with E-state index >= 15 is 0 Å². The molecule has 0 aliphatic carbocycles. The molecule has 0 aliphatic rings. The van der Waals surface area contributed by atoms with E-state index in [1.54, 1.807) is 30.5 Å². The van der Waals surface area contributed by atoms with Crippen molar-refractivity contribution in [3.63, 3.8) is 0 Å². The van der Waals surface area contributed by atoms with Crippen LogP contribution in [0, 0.1) is 5.92 Å². The van der Waals surface area contributed by atoms with Crippen LogP contribution in [-0.2, 0) is 10.0 Å². The zero-order valence-electron chi connectivity index (χ0n) is 17.6. The van der Waals surface area contributed by atoms with Crippen molar-refractivity contribution in [1.82, 2.24) is 4.98 Å². The molecule has 0 bridgehead atoms. The summed E-state index contributed by atoms with van der Waals surface area (Å²) in [7, 11) is -3.49. The average molecular weight is 492 g/mol. The molecule has 9 heteroatoms. The highest BCUT2D eigenvalue weighted by molar-refractivity contribution is 7.92. The van der Waals surface area contributed by atoms with E-state index in [4.69, 9.17) is 23.2 Å². The van der Waals surface area contributed by atoms with Gasteiger partial charge in [0, 0.05) is 23.1 Å². The van der Waals surface area contributed by atoms with E-state index in [1.165, 1.54) is 18.2 Å². The Morgan fingerprint density at radius 1 is 1.00 bits per heavy atom. The third-order valence-corrected chi connectivity index (χ3v) is 6.58. The third kappa shape index (κ3) is 6.45. The van der Waals surface area contributed by atoms with E-state index in [0.29, 0.717) is 34.1 Å². The monoisotopic (exact) mass is 491 g/mol. The first kappa shape index (κ1) is 24.0. The summed E-state index contributed by atoms with van der Waals surface area (Å²) in [5.74, 6) is -0.148. The summed E-state index contributed by atoms with van der Waals surface area (Å²) in [5.41, 5.74) is 2.41. The van der Waals surface area contributed by atoms with Gasteiger partial charge in [0.25, 0.3) is 5.91 Å². The predicted octanol–water partition coefficient (Wildman–Crippen LogP) is 6.10. The van der Waals surface area contributed by atoms with Gasteiger partial charge >= 0.3 is 0 Å². The first-order valence-electron chi connectivity index (χ1n) is 9.97. The van der Waals surface area contributed by atoms with Gasteiger partial charge in [-0.25, -0.2) is 8.42 Å². The molecule has 2 N–H and O–H groups in total. The molecule has 168 valence electrons. The number of nitrogens with one attached hydrogen (secondary N) is 2. The summed E-state index contributed by atoms with van der Waals surface area (Å²) in [6.07, 6.45) is 2.21. The minimum Gasteiger partial charge on any atom is -0.322 e. The number of carbonyl (C=O) groups excluding carboxylic acids is 1. The van der Waals surface area contributed by atoms with E-state index in [2.05, 4.69) is 15.0 Å². The smallest absolute Gasteiger partial charge is 0.257 e. The lowest BCUT2D eigenvalue weighted by Crippen LogP contribution is -2.18. The highest BCUT2D eigenvalue weighted by Crippen LogP contribution is 2.30. The molecule has 3 rings (SSSR count). The molecule has 0 fully saturated rings. The van der Waals surface area contributed by atoms with E-state index in [-0.39, 0.29) is 22.3 Å². The number of amides is 1. The second kappa shape index (κ2) is 10.3. The van der Waals surface area contributed by atoms with Crippen LogP contribution in [0.5, 0.6) is 0 Å². The molecular formula is C23H23Cl2N3O3S. The number of carbonyl (C=O) groups is 1. The van der Waals surface area contributed by atoms with Gasteiger partial charge in [0.1, 0.15) is 0 Å². The Balaban J connectivity index is 1.75. The molecule has 3 aromatic rings. The molecule has 0 atom stereocenters. The molecule has 6 nitrogen and oxygen atoms in total. The lowest BCUT2D eigenvalue weighted by Gasteiger charge is -2.12. The predicted molar refractivity (Wildman–Crippen MR) is 131 cm³/mol. The molecular weight excluding hydrogens is 469 g/mol. The molecule has 0 saturated heterocycles. The lowest BCUT2D eigenvalue weighted by atomic mass is 10.1. The topological polar surface area (TPSA) is 88.2 Å². The van der Waals surface area contributed by atoms with Crippen LogP contribution in [0.4, 0.5) is 11.4 Å². The third-order valence-electron chi connectivity index (χ3n) is 4.62. The van der Waals surface area contributed by atoms with Crippen LogP contribution in [0.1, 0.15) is 30.6 Å². The number of halogens is 2. The molecule has 1 amide bonds. The zero-order valence-corrected chi connectivity index (χ0v) is 19.9. The van der Waals surface area contributed by atoms with Gasteiger partial charge in [-0.15, -0.1) is 0 Å². The van der Waals surface area contributed by atoms with Gasteiger partial charge in [-0.2, -0.15) is 0 Å². The Morgan fingerprint density at radius 3 is 2.41 bits per heavy atom. The molecule has 1 heterocycles. The maximum atomic E-state index is 12.8. The van der Waals surface area contributed by atoms with Crippen molar-refractivity contribution in [1.29, 1.82) is 0 Å².